The minimum Gasteiger partial charge on any atom is -0.393 e. The molecule has 0 bridgehead atoms. The summed E-state index contributed by atoms with van der Waals surface area (Å²) in [5.74, 6) is 0.372. The first kappa shape index (κ1) is 17.8. The van der Waals surface area contributed by atoms with E-state index < -0.39 is 6.43 Å². The molecule has 0 heterocycles. The number of aliphatic hydroxyl groups is 1. The Bertz CT molecular complexity index is 294. The number of hydrogen-bond donors (Lipinski definition) is 1. The van der Waals surface area contributed by atoms with Gasteiger partial charge in [-0.15, -0.1) is 0 Å². The summed E-state index contributed by atoms with van der Waals surface area (Å²) in [6.07, 6.45) is 0.721. The van der Waals surface area contributed by atoms with Crippen molar-refractivity contribution in [2.75, 3.05) is 6.54 Å². The summed E-state index contributed by atoms with van der Waals surface area (Å²) >= 11 is 0. The van der Waals surface area contributed by atoms with Crippen molar-refractivity contribution in [1.82, 2.24) is 4.90 Å². The lowest BCUT2D eigenvalue weighted by Crippen LogP contribution is -2.53. The first-order chi connectivity index (χ1) is 9.19. The normalized spacial score (nSPS) is 28.6. The summed E-state index contributed by atoms with van der Waals surface area (Å²) in [4.78, 5) is 1.91. The third-order valence-electron chi connectivity index (χ3n) is 5.14. The Morgan fingerprint density at radius 2 is 1.85 bits per heavy atom. The van der Waals surface area contributed by atoms with Crippen LogP contribution >= 0.6 is 0 Å². The van der Waals surface area contributed by atoms with E-state index in [-0.39, 0.29) is 30.1 Å². The Labute approximate surface area is 122 Å². The van der Waals surface area contributed by atoms with E-state index >= 15 is 0 Å². The van der Waals surface area contributed by atoms with Crippen molar-refractivity contribution >= 4 is 0 Å². The van der Waals surface area contributed by atoms with Crippen LogP contribution in [0.5, 0.6) is 0 Å². The lowest BCUT2D eigenvalue weighted by atomic mass is 9.66. The molecule has 4 heteroatoms. The summed E-state index contributed by atoms with van der Waals surface area (Å²) in [6.45, 7) is 10.4. The van der Waals surface area contributed by atoms with Gasteiger partial charge in [-0.2, -0.15) is 0 Å². The molecule has 0 spiro atoms. The average Bonchev–Trinajstić information content (AvgIpc) is 2.35. The summed E-state index contributed by atoms with van der Waals surface area (Å²) in [6, 6.07) is 0.136. The maximum atomic E-state index is 12.9. The van der Waals surface area contributed by atoms with Crippen LogP contribution in [0.1, 0.15) is 60.3 Å². The first-order valence-electron chi connectivity index (χ1n) is 7.91. The molecule has 1 N–H and O–H groups in total. The molecule has 3 unspecified atom stereocenters. The molecule has 0 aromatic heterocycles. The maximum Gasteiger partial charge on any atom is 0.251 e. The van der Waals surface area contributed by atoms with E-state index in [2.05, 4.69) is 20.8 Å². The zero-order valence-corrected chi connectivity index (χ0v) is 13.6. The Hall–Kier alpha value is -0.220. The molecule has 20 heavy (non-hydrogen) atoms. The second kappa shape index (κ2) is 7.17. The van der Waals surface area contributed by atoms with Gasteiger partial charge in [0.2, 0.25) is 0 Å². The maximum absolute atomic E-state index is 12.9. The van der Waals surface area contributed by atoms with Gasteiger partial charge in [0.25, 0.3) is 6.43 Å². The molecule has 1 saturated carbocycles. The summed E-state index contributed by atoms with van der Waals surface area (Å²) in [5, 5.41) is 9.99. The second-order valence-electron chi connectivity index (χ2n) is 7.16. The molecule has 0 saturated heterocycles. The van der Waals surface area contributed by atoms with Crippen molar-refractivity contribution in [3.63, 3.8) is 0 Å². The number of rotatable bonds is 6. The van der Waals surface area contributed by atoms with Gasteiger partial charge in [-0.1, -0.05) is 27.2 Å². The predicted molar refractivity (Wildman–Crippen MR) is 79.1 cm³/mol. The number of alkyl halides is 2. The Kier molecular flexibility index (Phi) is 6.39. The van der Waals surface area contributed by atoms with Gasteiger partial charge in [-0.05, 0) is 44.4 Å². The quantitative estimate of drug-likeness (QED) is 0.801. The number of halogens is 2. The highest BCUT2D eigenvalue weighted by atomic mass is 19.3. The van der Waals surface area contributed by atoms with E-state index in [1.807, 2.05) is 18.7 Å². The van der Waals surface area contributed by atoms with Gasteiger partial charge in [0.1, 0.15) is 0 Å². The molecule has 0 radical (unpaired) electrons. The van der Waals surface area contributed by atoms with Crippen LogP contribution in [0.25, 0.3) is 0 Å². The fourth-order valence-corrected chi connectivity index (χ4v) is 3.55. The van der Waals surface area contributed by atoms with Crippen LogP contribution < -0.4 is 0 Å². The molecule has 0 aromatic rings. The average molecular weight is 291 g/mol. The van der Waals surface area contributed by atoms with Crippen LogP contribution in [0.4, 0.5) is 8.78 Å². The van der Waals surface area contributed by atoms with Crippen LogP contribution in [-0.4, -0.2) is 41.2 Å². The Morgan fingerprint density at radius 3 is 2.30 bits per heavy atom. The summed E-state index contributed by atoms with van der Waals surface area (Å²) in [7, 11) is 0. The number of nitrogens with zero attached hydrogens (tertiary/aromatic N) is 1. The highest BCUT2D eigenvalue weighted by Crippen LogP contribution is 2.43. The molecule has 1 fully saturated rings. The van der Waals surface area contributed by atoms with Crippen LogP contribution in [0.2, 0.25) is 0 Å². The van der Waals surface area contributed by atoms with Crippen molar-refractivity contribution in [2.24, 2.45) is 11.3 Å². The van der Waals surface area contributed by atoms with Crippen molar-refractivity contribution in [3.8, 4) is 0 Å². The lowest BCUT2D eigenvalue weighted by Gasteiger charge is -2.49. The van der Waals surface area contributed by atoms with Gasteiger partial charge in [-0.3, -0.25) is 4.90 Å². The van der Waals surface area contributed by atoms with Gasteiger partial charge in [0.15, 0.2) is 0 Å². The molecule has 0 aliphatic heterocycles. The van der Waals surface area contributed by atoms with Crippen molar-refractivity contribution < 1.29 is 13.9 Å². The molecular weight excluding hydrogens is 260 g/mol. The second-order valence-corrected chi connectivity index (χ2v) is 7.16. The highest BCUT2D eigenvalue weighted by Gasteiger charge is 2.42. The van der Waals surface area contributed by atoms with E-state index in [0.29, 0.717) is 12.3 Å². The molecule has 1 aliphatic rings. The third kappa shape index (κ3) is 4.39. The van der Waals surface area contributed by atoms with Crippen molar-refractivity contribution in [3.05, 3.63) is 0 Å². The number of hydrogen-bond acceptors (Lipinski definition) is 2. The largest absolute Gasteiger partial charge is 0.393 e. The molecule has 1 aliphatic carbocycles. The molecular formula is C16H31F2NO. The van der Waals surface area contributed by atoms with Crippen LogP contribution in [0.3, 0.4) is 0 Å². The van der Waals surface area contributed by atoms with E-state index in [1.165, 1.54) is 0 Å². The molecule has 0 aromatic carbocycles. The van der Waals surface area contributed by atoms with Gasteiger partial charge in [0.05, 0.1) is 12.6 Å². The topological polar surface area (TPSA) is 23.5 Å². The molecule has 2 nitrogen and oxygen atoms in total. The van der Waals surface area contributed by atoms with E-state index in [0.717, 1.165) is 19.3 Å². The summed E-state index contributed by atoms with van der Waals surface area (Å²) < 4.78 is 25.8. The minimum absolute atomic E-state index is 0.0581. The third-order valence-corrected chi connectivity index (χ3v) is 5.14. The highest BCUT2D eigenvalue weighted by molar-refractivity contribution is 4.94. The van der Waals surface area contributed by atoms with Crippen molar-refractivity contribution in [1.29, 1.82) is 0 Å². The van der Waals surface area contributed by atoms with Gasteiger partial charge in [-0.25, -0.2) is 8.78 Å². The summed E-state index contributed by atoms with van der Waals surface area (Å²) in [5.41, 5.74) is 0.125. The molecule has 1 rings (SSSR count). The zero-order valence-electron chi connectivity index (χ0n) is 13.6. The standard InChI is InChI=1S/C16H31F2NO/c1-6-16(4,5)13-8-7-12(20)9-14(13)19(11(2)3)10-15(17)18/h11-15,20H,6-10H2,1-5H3. The minimum atomic E-state index is -2.32. The molecule has 3 atom stereocenters. The van der Waals surface area contributed by atoms with E-state index in [4.69, 9.17) is 0 Å². The number of aliphatic hydroxyl groups excluding tert-OH is 1. The fourth-order valence-electron chi connectivity index (χ4n) is 3.55. The lowest BCUT2D eigenvalue weighted by molar-refractivity contribution is -0.0489. The predicted octanol–water partition coefficient (Wildman–Crippen LogP) is 3.93. The van der Waals surface area contributed by atoms with Crippen LogP contribution in [0.15, 0.2) is 0 Å². The molecule has 120 valence electrons. The van der Waals surface area contributed by atoms with E-state index in [9.17, 15) is 13.9 Å². The fraction of sp³-hybridized carbons (Fsp3) is 1.00. The monoisotopic (exact) mass is 291 g/mol. The van der Waals surface area contributed by atoms with Gasteiger partial charge in [0, 0.05) is 12.1 Å². The van der Waals surface area contributed by atoms with Gasteiger partial charge >= 0.3 is 0 Å². The molecule has 0 amide bonds. The van der Waals surface area contributed by atoms with Crippen molar-refractivity contribution in [2.45, 2.75) is 84.9 Å². The van der Waals surface area contributed by atoms with Crippen LogP contribution in [0, 0.1) is 11.3 Å². The SMILES string of the molecule is CCC(C)(C)C1CCC(O)CC1N(CC(F)F)C(C)C. The smallest absolute Gasteiger partial charge is 0.251 e. The zero-order chi connectivity index (χ0) is 15.5. The first-order valence-corrected chi connectivity index (χ1v) is 7.91. The van der Waals surface area contributed by atoms with Gasteiger partial charge < -0.3 is 5.11 Å². The Morgan fingerprint density at radius 1 is 1.25 bits per heavy atom. The van der Waals surface area contributed by atoms with E-state index in [1.54, 1.807) is 0 Å². The Balaban J connectivity index is 2.97. The van der Waals surface area contributed by atoms with Crippen LogP contribution in [-0.2, 0) is 0 Å².